The minimum Gasteiger partial charge on any atom is -0.493 e. The summed E-state index contributed by atoms with van der Waals surface area (Å²) in [6, 6.07) is 2.96. The van der Waals surface area contributed by atoms with Crippen LogP contribution in [0.4, 0.5) is 3.89 Å². The lowest BCUT2D eigenvalue weighted by Gasteiger charge is -2.32. The molecule has 0 aliphatic carbocycles. The molecule has 0 saturated heterocycles. The third-order valence-electron chi connectivity index (χ3n) is 3.41. The number of hydrogen-bond donors (Lipinski definition) is 0. The van der Waals surface area contributed by atoms with E-state index in [1.54, 1.807) is 13.0 Å². The summed E-state index contributed by atoms with van der Waals surface area (Å²) in [7, 11) is -1.65. The van der Waals surface area contributed by atoms with Crippen LogP contribution in [0, 0.1) is 0 Å². The lowest BCUT2D eigenvalue weighted by atomic mass is 9.94. The number of fused-ring (bicyclic) bond motifs is 1. The SMILES string of the molecule is COc1cc2c(cc1OC)C(C)N(S(=O)(=O)F)CC2. The highest BCUT2D eigenvalue weighted by Crippen LogP contribution is 2.38. The molecule has 1 aromatic rings. The highest BCUT2D eigenvalue weighted by atomic mass is 32.3. The van der Waals surface area contributed by atoms with Crippen molar-refractivity contribution in [1.82, 2.24) is 4.31 Å². The van der Waals surface area contributed by atoms with Gasteiger partial charge in [-0.1, -0.05) is 3.89 Å². The monoisotopic (exact) mass is 289 g/mol. The maximum absolute atomic E-state index is 13.2. The molecule has 0 bridgehead atoms. The largest absolute Gasteiger partial charge is 0.493 e. The summed E-state index contributed by atoms with van der Waals surface area (Å²) in [6.07, 6.45) is 0.448. The number of methoxy groups -OCH3 is 2. The first-order chi connectivity index (χ1) is 8.88. The molecule has 1 aromatic carbocycles. The van der Waals surface area contributed by atoms with E-state index < -0.39 is 16.5 Å². The zero-order chi connectivity index (χ0) is 14.2. The molecule has 0 N–H and O–H groups in total. The summed E-state index contributed by atoms with van der Waals surface area (Å²) in [5.41, 5.74) is 1.69. The molecule has 0 radical (unpaired) electrons. The minimum atomic E-state index is -4.69. The van der Waals surface area contributed by atoms with Crippen LogP contribution in [0.2, 0.25) is 0 Å². The van der Waals surface area contributed by atoms with Crippen LogP contribution >= 0.6 is 0 Å². The molecule has 1 atom stereocenters. The fourth-order valence-corrected chi connectivity index (χ4v) is 3.22. The summed E-state index contributed by atoms with van der Waals surface area (Å²) in [5, 5.41) is 0. The summed E-state index contributed by atoms with van der Waals surface area (Å²) in [5.74, 6) is 1.09. The maximum Gasteiger partial charge on any atom is 0.375 e. The topological polar surface area (TPSA) is 55.8 Å². The summed E-state index contributed by atoms with van der Waals surface area (Å²) >= 11 is 0. The smallest absolute Gasteiger partial charge is 0.375 e. The van der Waals surface area contributed by atoms with Crippen molar-refractivity contribution in [2.45, 2.75) is 19.4 Å². The molecule has 19 heavy (non-hydrogen) atoms. The number of hydrogen-bond acceptors (Lipinski definition) is 4. The Kier molecular flexibility index (Phi) is 3.69. The lowest BCUT2D eigenvalue weighted by molar-refractivity contribution is 0.304. The van der Waals surface area contributed by atoms with Gasteiger partial charge in [0.05, 0.1) is 14.2 Å². The molecule has 0 aromatic heterocycles. The van der Waals surface area contributed by atoms with E-state index in [2.05, 4.69) is 0 Å². The normalized spacial score (nSPS) is 19.9. The molecule has 0 saturated carbocycles. The van der Waals surface area contributed by atoms with Crippen LogP contribution in [0.3, 0.4) is 0 Å². The third kappa shape index (κ3) is 2.52. The van der Waals surface area contributed by atoms with E-state index in [1.807, 2.05) is 6.07 Å². The maximum atomic E-state index is 13.2. The van der Waals surface area contributed by atoms with Gasteiger partial charge in [-0.3, -0.25) is 0 Å². The number of nitrogens with zero attached hydrogens (tertiary/aromatic N) is 1. The predicted octanol–water partition coefficient (Wildman–Crippen LogP) is 1.84. The van der Waals surface area contributed by atoms with Gasteiger partial charge in [0, 0.05) is 12.6 Å². The standard InChI is InChI=1S/C12H16FNO4S/c1-8-10-7-12(18-3)11(17-2)6-9(10)4-5-14(8)19(13,15)16/h6-8H,4-5H2,1-3H3. The van der Waals surface area contributed by atoms with Gasteiger partial charge in [-0.05, 0) is 36.6 Å². The van der Waals surface area contributed by atoms with Crippen LogP contribution in [-0.4, -0.2) is 33.5 Å². The summed E-state index contributed by atoms with van der Waals surface area (Å²) < 4.78 is 46.6. The van der Waals surface area contributed by atoms with Gasteiger partial charge >= 0.3 is 10.4 Å². The van der Waals surface area contributed by atoms with Crippen molar-refractivity contribution < 1.29 is 21.8 Å². The van der Waals surface area contributed by atoms with Crippen molar-refractivity contribution in [2.75, 3.05) is 20.8 Å². The van der Waals surface area contributed by atoms with Crippen molar-refractivity contribution in [3.05, 3.63) is 23.3 Å². The second-order valence-corrected chi connectivity index (χ2v) is 5.68. The Balaban J connectivity index is 2.49. The van der Waals surface area contributed by atoms with E-state index in [4.69, 9.17) is 9.47 Å². The van der Waals surface area contributed by atoms with Gasteiger partial charge in [0.2, 0.25) is 0 Å². The molecule has 1 unspecified atom stereocenters. The Bertz CT molecular complexity index is 588. The van der Waals surface area contributed by atoms with Gasteiger partial charge in [-0.25, -0.2) is 0 Å². The van der Waals surface area contributed by atoms with Crippen molar-refractivity contribution >= 4 is 10.4 Å². The fourth-order valence-electron chi connectivity index (χ4n) is 2.42. The zero-order valence-corrected chi connectivity index (χ0v) is 11.8. The van der Waals surface area contributed by atoms with Crippen LogP contribution in [0.5, 0.6) is 11.5 Å². The van der Waals surface area contributed by atoms with Crippen LogP contribution in [-0.2, 0) is 16.8 Å². The predicted molar refractivity (Wildman–Crippen MR) is 68.4 cm³/mol. The molecular formula is C12H16FNO4S. The molecule has 0 spiro atoms. The van der Waals surface area contributed by atoms with Crippen molar-refractivity contribution in [3.8, 4) is 11.5 Å². The first-order valence-corrected chi connectivity index (χ1v) is 7.18. The molecule has 2 rings (SSSR count). The van der Waals surface area contributed by atoms with Gasteiger partial charge < -0.3 is 9.47 Å². The van der Waals surface area contributed by atoms with Gasteiger partial charge in [-0.2, -0.15) is 12.7 Å². The molecule has 106 valence electrons. The Morgan fingerprint density at radius 1 is 1.26 bits per heavy atom. The molecule has 0 fully saturated rings. The molecule has 1 aliphatic rings. The summed E-state index contributed by atoms with van der Waals surface area (Å²) in [4.78, 5) is 0. The number of halogens is 1. The number of ether oxygens (including phenoxy) is 2. The van der Waals surface area contributed by atoms with Crippen LogP contribution in [0.1, 0.15) is 24.1 Å². The molecule has 5 nitrogen and oxygen atoms in total. The Hall–Kier alpha value is -1.34. The van der Waals surface area contributed by atoms with Crippen LogP contribution in [0.25, 0.3) is 0 Å². The highest BCUT2D eigenvalue weighted by molar-refractivity contribution is 7.83. The van der Waals surface area contributed by atoms with E-state index in [1.165, 1.54) is 14.2 Å². The highest BCUT2D eigenvalue weighted by Gasteiger charge is 2.33. The first kappa shape index (κ1) is 14.1. The first-order valence-electron chi connectivity index (χ1n) is 5.84. The second-order valence-electron chi connectivity index (χ2n) is 4.38. The Morgan fingerprint density at radius 3 is 2.37 bits per heavy atom. The van der Waals surface area contributed by atoms with E-state index in [0.717, 1.165) is 15.4 Å². The van der Waals surface area contributed by atoms with Crippen LogP contribution < -0.4 is 9.47 Å². The minimum absolute atomic E-state index is 0.127. The average molecular weight is 289 g/mol. The van der Waals surface area contributed by atoms with E-state index in [9.17, 15) is 12.3 Å². The van der Waals surface area contributed by atoms with E-state index >= 15 is 0 Å². The molecular weight excluding hydrogens is 273 g/mol. The van der Waals surface area contributed by atoms with E-state index in [-0.39, 0.29) is 6.54 Å². The van der Waals surface area contributed by atoms with Gasteiger partial charge in [0.25, 0.3) is 0 Å². The quantitative estimate of drug-likeness (QED) is 0.797. The number of rotatable bonds is 3. The number of benzene rings is 1. The lowest BCUT2D eigenvalue weighted by Crippen LogP contribution is -2.36. The Labute approximate surface area is 112 Å². The van der Waals surface area contributed by atoms with Gasteiger partial charge in [0.1, 0.15) is 0 Å². The Morgan fingerprint density at radius 2 is 1.84 bits per heavy atom. The fraction of sp³-hybridized carbons (Fsp3) is 0.500. The third-order valence-corrected chi connectivity index (χ3v) is 4.47. The molecule has 1 aliphatic heterocycles. The molecule has 1 heterocycles. The summed E-state index contributed by atoms with van der Waals surface area (Å²) in [6.45, 7) is 1.78. The van der Waals surface area contributed by atoms with Gasteiger partial charge in [0.15, 0.2) is 11.5 Å². The van der Waals surface area contributed by atoms with Crippen molar-refractivity contribution in [1.29, 1.82) is 0 Å². The zero-order valence-electron chi connectivity index (χ0n) is 11.0. The van der Waals surface area contributed by atoms with Gasteiger partial charge in [-0.15, -0.1) is 0 Å². The van der Waals surface area contributed by atoms with Crippen LogP contribution in [0.15, 0.2) is 12.1 Å². The van der Waals surface area contributed by atoms with Crippen molar-refractivity contribution in [3.63, 3.8) is 0 Å². The second kappa shape index (κ2) is 4.97. The molecule has 7 heteroatoms. The van der Waals surface area contributed by atoms with Crippen molar-refractivity contribution in [2.24, 2.45) is 0 Å². The molecule has 0 amide bonds. The van der Waals surface area contributed by atoms with E-state index in [0.29, 0.717) is 17.9 Å². The average Bonchev–Trinajstić information content (AvgIpc) is 2.36.